The maximum atomic E-state index is 12.8. The molecule has 3 aromatic rings. The molecule has 5 heteroatoms. The van der Waals surface area contributed by atoms with Crippen molar-refractivity contribution in [1.82, 2.24) is 4.57 Å². The highest BCUT2D eigenvalue weighted by Gasteiger charge is 2.17. The van der Waals surface area contributed by atoms with E-state index in [4.69, 9.17) is 4.74 Å². The highest BCUT2D eigenvalue weighted by molar-refractivity contribution is 7.09. The lowest BCUT2D eigenvalue weighted by Crippen LogP contribution is -2.15. The van der Waals surface area contributed by atoms with Crippen molar-refractivity contribution in [3.63, 3.8) is 0 Å². The Morgan fingerprint density at radius 1 is 1.20 bits per heavy atom. The third-order valence-electron chi connectivity index (χ3n) is 4.28. The van der Waals surface area contributed by atoms with E-state index in [0.29, 0.717) is 12.2 Å². The van der Waals surface area contributed by atoms with Crippen LogP contribution in [0, 0.1) is 13.8 Å². The van der Waals surface area contributed by atoms with Crippen LogP contribution in [0.5, 0.6) is 0 Å². The standard InChI is InChI=1S/C20H22N2O2S/c1-14-11-18(15(2)22(14)12-17-8-6-10-25-17)20(23)21-19-9-5-4-7-16(19)13-24-3/h4-11H,12-13H2,1-3H3,(H,21,23). The molecule has 0 aliphatic rings. The molecule has 0 atom stereocenters. The first-order chi connectivity index (χ1) is 12.1. The molecule has 130 valence electrons. The molecule has 0 aliphatic heterocycles. The van der Waals surface area contributed by atoms with Gasteiger partial charge < -0.3 is 14.6 Å². The van der Waals surface area contributed by atoms with E-state index in [0.717, 1.165) is 29.2 Å². The number of ether oxygens (including phenoxy) is 1. The average Bonchev–Trinajstić information content (AvgIpc) is 3.20. The van der Waals surface area contributed by atoms with Crippen LogP contribution in [0.15, 0.2) is 47.8 Å². The summed E-state index contributed by atoms with van der Waals surface area (Å²) in [7, 11) is 1.65. The SMILES string of the molecule is COCc1ccccc1NC(=O)c1cc(C)n(Cc2cccs2)c1C. The van der Waals surface area contributed by atoms with Crippen LogP contribution < -0.4 is 5.32 Å². The Kier molecular flexibility index (Phi) is 5.36. The van der Waals surface area contributed by atoms with Crippen LogP contribution in [0.2, 0.25) is 0 Å². The Bertz CT molecular complexity index is 866. The van der Waals surface area contributed by atoms with Gasteiger partial charge in [0.05, 0.1) is 18.7 Å². The number of hydrogen-bond donors (Lipinski definition) is 1. The fourth-order valence-electron chi connectivity index (χ4n) is 2.95. The molecule has 25 heavy (non-hydrogen) atoms. The molecule has 0 saturated carbocycles. The van der Waals surface area contributed by atoms with E-state index in [1.54, 1.807) is 18.4 Å². The molecule has 3 rings (SSSR count). The van der Waals surface area contributed by atoms with Gasteiger partial charge in [-0.25, -0.2) is 0 Å². The summed E-state index contributed by atoms with van der Waals surface area (Å²) in [6, 6.07) is 13.8. The molecule has 0 unspecified atom stereocenters. The van der Waals surface area contributed by atoms with Gasteiger partial charge in [0.15, 0.2) is 0 Å². The minimum atomic E-state index is -0.0888. The van der Waals surface area contributed by atoms with Gasteiger partial charge in [0.25, 0.3) is 5.91 Å². The number of methoxy groups -OCH3 is 1. The second-order valence-corrected chi connectivity index (χ2v) is 7.03. The van der Waals surface area contributed by atoms with Crippen molar-refractivity contribution in [2.24, 2.45) is 0 Å². The molecular weight excluding hydrogens is 332 g/mol. The van der Waals surface area contributed by atoms with Crippen LogP contribution in [0.1, 0.15) is 32.2 Å². The van der Waals surface area contributed by atoms with Crippen LogP contribution in [0.25, 0.3) is 0 Å². The van der Waals surface area contributed by atoms with Crippen LogP contribution in [0.4, 0.5) is 5.69 Å². The van der Waals surface area contributed by atoms with Gasteiger partial charge in [0, 0.05) is 34.6 Å². The Labute approximate surface area is 152 Å². The lowest BCUT2D eigenvalue weighted by Gasteiger charge is -2.11. The van der Waals surface area contributed by atoms with Crippen molar-refractivity contribution in [3.8, 4) is 0 Å². The van der Waals surface area contributed by atoms with E-state index in [2.05, 4.69) is 27.4 Å². The van der Waals surface area contributed by atoms with Gasteiger partial charge in [-0.05, 0) is 37.4 Å². The maximum absolute atomic E-state index is 12.8. The Morgan fingerprint density at radius 3 is 2.72 bits per heavy atom. The summed E-state index contributed by atoms with van der Waals surface area (Å²) in [4.78, 5) is 14.1. The van der Waals surface area contributed by atoms with E-state index in [1.807, 2.05) is 44.2 Å². The van der Waals surface area contributed by atoms with Gasteiger partial charge in [-0.15, -0.1) is 11.3 Å². The first-order valence-corrected chi connectivity index (χ1v) is 9.05. The zero-order valence-electron chi connectivity index (χ0n) is 14.7. The van der Waals surface area contributed by atoms with Crippen molar-refractivity contribution in [3.05, 3.63) is 75.2 Å². The monoisotopic (exact) mass is 354 g/mol. The summed E-state index contributed by atoms with van der Waals surface area (Å²) >= 11 is 1.73. The summed E-state index contributed by atoms with van der Waals surface area (Å²) in [5.74, 6) is -0.0888. The van der Waals surface area contributed by atoms with Crippen molar-refractivity contribution < 1.29 is 9.53 Å². The number of nitrogens with zero attached hydrogens (tertiary/aromatic N) is 1. The van der Waals surface area contributed by atoms with E-state index in [-0.39, 0.29) is 5.91 Å². The first kappa shape index (κ1) is 17.5. The van der Waals surface area contributed by atoms with Gasteiger partial charge in [0.1, 0.15) is 0 Å². The number of nitrogens with one attached hydrogen (secondary N) is 1. The molecule has 4 nitrogen and oxygen atoms in total. The molecule has 0 bridgehead atoms. The molecule has 1 aromatic carbocycles. The summed E-state index contributed by atoms with van der Waals surface area (Å²) < 4.78 is 7.39. The third kappa shape index (κ3) is 3.83. The number of carbonyl (C=O) groups excluding carboxylic acids is 1. The molecule has 1 N–H and O–H groups in total. The van der Waals surface area contributed by atoms with Crippen LogP contribution in [-0.2, 0) is 17.9 Å². The molecule has 0 aliphatic carbocycles. The third-order valence-corrected chi connectivity index (χ3v) is 5.14. The zero-order chi connectivity index (χ0) is 17.8. The second kappa shape index (κ2) is 7.68. The van der Waals surface area contributed by atoms with Gasteiger partial charge in [-0.3, -0.25) is 4.79 Å². The number of para-hydroxylation sites is 1. The van der Waals surface area contributed by atoms with Crippen molar-refractivity contribution in [2.75, 3.05) is 12.4 Å². The lowest BCUT2D eigenvalue weighted by molar-refractivity contribution is 0.102. The predicted octanol–water partition coefficient (Wildman–Crippen LogP) is 4.61. The molecule has 1 amide bonds. The molecule has 0 saturated heterocycles. The quantitative estimate of drug-likeness (QED) is 0.702. The van der Waals surface area contributed by atoms with Crippen LogP contribution >= 0.6 is 11.3 Å². The van der Waals surface area contributed by atoms with Gasteiger partial charge in [-0.2, -0.15) is 0 Å². The highest BCUT2D eigenvalue weighted by atomic mass is 32.1. The minimum Gasteiger partial charge on any atom is -0.380 e. The van der Waals surface area contributed by atoms with E-state index in [9.17, 15) is 4.79 Å². The zero-order valence-corrected chi connectivity index (χ0v) is 15.5. The highest BCUT2D eigenvalue weighted by Crippen LogP contribution is 2.22. The lowest BCUT2D eigenvalue weighted by atomic mass is 10.1. The van der Waals surface area contributed by atoms with E-state index < -0.39 is 0 Å². The van der Waals surface area contributed by atoms with Crippen molar-refractivity contribution >= 4 is 22.9 Å². The Morgan fingerprint density at radius 2 is 2.00 bits per heavy atom. The fourth-order valence-corrected chi connectivity index (χ4v) is 3.64. The van der Waals surface area contributed by atoms with Crippen LogP contribution in [0.3, 0.4) is 0 Å². The normalized spacial score (nSPS) is 10.8. The molecule has 2 aromatic heterocycles. The van der Waals surface area contributed by atoms with Gasteiger partial charge in [-0.1, -0.05) is 24.3 Å². The topological polar surface area (TPSA) is 43.3 Å². The number of carbonyl (C=O) groups is 1. The van der Waals surface area contributed by atoms with Gasteiger partial charge >= 0.3 is 0 Å². The smallest absolute Gasteiger partial charge is 0.257 e. The predicted molar refractivity (Wildman–Crippen MR) is 102 cm³/mol. The summed E-state index contributed by atoms with van der Waals surface area (Å²) in [5.41, 5.74) is 4.53. The number of benzene rings is 1. The van der Waals surface area contributed by atoms with Crippen LogP contribution in [-0.4, -0.2) is 17.6 Å². The Hall–Kier alpha value is -2.37. The minimum absolute atomic E-state index is 0.0888. The number of rotatable bonds is 6. The number of thiophene rings is 1. The number of aromatic nitrogens is 1. The number of aryl methyl sites for hydroxylation is 1. The molecular formula is C20H22N2O2S. The van der Waals surface area contributed by atoms with Gasteiger partial charge in [0.2, 0.25) is 0 Å². The van der Waals surface area contributed by atoms with E-state index >= 15 is 0 Å². The number of hydrogen-bond acceptors (Lipinski definition) is 3. The van der Waals surface area contributed by atoms with Crippen molar-refractivity contribution in [2.45, 2.75) is 27.0 Å². The summed E-state index contributed by atoms with van der Waals surface area (Å²) in [6.45, 7) is 5.30. The summed E-state index contributed by atoms with van der Waals surface area (Å²) in [5, 5.41) is 5.10. The first-order valence-electron chi connectivity index (χ1n) is 8.17. The van der Waals surface area contributed by atoms with E-state index in [1.165, 1.54) is 4.88 Å². The Balaban J connectivity index is 1.84. The number of anilines is 1. The number of amides is 1. The average molecular weight is 354 g/mol. The maximum Gasteiger partial charge on any atom is 0.257 e. The fraction of sp³-hybridized carbons (Fsp3) is 0.250. The largest absolute Gasteiger partial charge is 0.380 e. The van der Waals surface area contributed by atoms with Crippen molar-refractivity contribution in [1.29, 1.82) is 0 Å². The molecule has 0 radical (unpaired) electrons. The molecule has 2 heterocycles. The molecule has 0 spiro atoms. The second-order valence-electron chi connectivity index (χ2n) is 5.99. The summed E-state index contributed by atoms with van der Waals surface area (Å²) in [6.07, 6.45) is 0. The molecule has 0 fully saturated rings.